The second kappa shape index (κ2) is 5.41. The first-order valence-electron chi connectivity index (χ1n) is 5.05. The van der Waals surface area contributed by atoms with Crippen molar-refractivity contribution in [1.29, 1.82) is 0 Å². The molecule has 0 spiro atoms. The molecular weight excluding hydrogens is 232 g/mol. The van der Waals surface area contributed by atoms with Crippen molar-refractivity contribution in [2.45, 2.75) is 43.9 Å². The molecule has 1 saturated carbocycles. The molecule has 0 radical (unpaired) electrons. The van der Waals surface area contributed by atoms with Crippen molar-refractivity contribution in [3.8, 4) is 0 Å². The van der Waals surface area contributed by atoms with Gasteiger partial charge in [-0.3, -0.25) is 4.79 Å². The maximum absolute atomic E-state index is 11.4. The van der Waals surface area contributed by atoms with Gasteiger partial charge in [0.05, 0.1) is 5.54 Å². The maximum atomic E-state index is 11.4. The summed E-state index contributed by atoms with van der Waals surface area (Å²) in [6.45, 7) is 7.24. The van der Waals surface area contributed by atoms with Crippen LogP contribution in [0.1, 0.15) is 33.6 Å². The molecular formula is C10H21ClN2OS. The molecule has 0 aromatic heterocycles. The molecule has 3 N–H and O–H groups in total. The van der Waals surface area contributed by atoms with Gasteiger partial charge in [0.25, 0.3) is 0 Å². The quantitative estimate of drug-likeness (QED) is 0.747. The molecule has 1 aliphatic carbocycles. The van der Waals surface area contributed by atoms with E-state index in [0.717, 1.165) is 25.1 Å². The van der Waals surface area contributed by atoms with Gasteiger partial charge < -0.3 is 11.1 Å². The predicted octanol–water partition coefficient (Wildman–Crippen LogP) is 1.55. The molecule has 0 heterocycles. The summed E-state index contributed by atoms with van der Waals surface area (Å²) in [5, 5.41) is 2.87. The Morgan fingerprint density at radius 3 is 2.40 bits per heavy atom. The standard InChI is InChI=1S/C10H20N2OS.ClH/c1-9(2,3)14-7-6-12-8(13)10(11)4-5-10;/h4-7,11H2,1-3H3,(H,12,13);1H. The van der Waals surface area contributed by atoms with Gasteiger partial charge in [-0.2, -0.15) is 11.8 Å². The fourth-order valence-corrected chi connectivity index (χ4v) is 1.88. The summed E-state index contributed by atoms with van der Waals surface area (Å²) in [4.78, 5) is 11.4. The number of carbonyl (C=O) groups is 1. The molecule has 90 valence electrons. The largest absolute Gasteiger partial charge is 0.354 e. The minimum absolute atomic E-state index is 0. The number of nitrogens with two attached hydrogens (primary N) is 1. The highest BCUT2D eigenvalue weighted by Gasteiger charge is 2.45. The molecule has 0 bridgehead atoms. The Morgan fingerprint density at radius 1 is 1.47 bits per heavy atom. The van der Waals surface area contributed by atoms with E-state index < -0.39 is 5.54 Å². The third-order valence-corrected chi connectivity index (χ3v) is 3.44. The summed E-state index contributed by atoms with van der Waals surface area (Å²) in [5.41, 5.74) is 5.22. The lowest BCUT2D eigenvalue weighted by molar-refractivity contribution is -0.123. The molecule has 1 rings (SSSR count). The summed E-state index contributed by atoms with van der Waals surface area (Å²) >= 11 is 1.85. The minimum atomic E-state index is -0.521. The van der Waals surface area contributed by atoms with Crippen LogP contribution in [0.5, 0.6) is 0 Å². The molecule has 0 aliphatic heterocycles. The molecule has 15 heavy (non-hydrogen) atoms. The van der Waals surface area contributed by atoms with E-state index in [0.29, 0.717) is 0 Å². The highest BCUT2D eigenvalue weighted by molar-refractivity contribution is 8.00. The highest BCUT2D eigenvalue weighted by atomic mass is 35.5. The number of amides is 1. The van der Waals surface area contributed by atoms with Gasteiger partial charge >= 0.3 is 0 Å². The SMILES string of the molecule is CC(C)(C)SCCNC(=O)C1(N)CC1.Cl. The van der Waals surface area contributed by atoms with Crippen LogP contribution < -0.4 is 11.1 Å². The number of rotatable bonds is 4. The summed E-state index contributed by atoms with van der Waals surface area (Å²) in [6, 6.07) is 0. The van der Waals surface area contributed by atoms with Crippen LogP contribution in [0.2, 0.25) is 0 Å². The van der Waals surface area contributed by atoms with Crippen molar-refractivity contribution in [2.75, 3.05) is 12.3 Å². The van der Waals surface area contributed by atoms with Crippen LogP contribution in [0, 0.1) is 0 Å². The van der Waals surface area contributed by atoms with Crippen LogP contribution in [0.3, 0.4) is 0 Å². The third kappa shape index (κ3) is 5.64. The summed E-state index contributed by atoms with van der Waals surface area (Å²) in [7, 11) is 0. The van der Waals surface area contributed by atoms with Crippen LogP contribution in [-0.2, 0) is 4.79 Å². The lowest BCUT2D eigenvalue weighted by atomic mass is 10.3. The molecule has 1 fully saturated rings. The average molecular weight is 253 g/mol. The first-order chi connectivity index (χ1) is 6.33. The van der Waals surface area contributed by atoms with E-state index in [-0.39, 0.29) is 23.1 Å². The Morgan fingerprint density at radius 2 is 2.00 bits per heavy atom. The Balaban J connectivity index is 0.00000196. The molecule has 0 atom stereocenters. The Bertz CT molecular complexity index is 224. The fraction of sp³-hybridized carbons (Fsp3) is 0.900. The average Bonchev–Trinajstić information content (AvgIpc) is 2.76. The molecule has 3 nitrogen and oxygen atoms in total. The van der Waals surface area contributed by atoms with Gasteiger partial charge in [-0.1, -0.05) is 20.8 Å². The van der Waals surface area contributed by atoms with E-state index >= 15 is 0 Å². The van der Waals surface area contributed by atoms with Crippen LogP contribution >= 0.6 is 24.2 Å². The van der Waals surface area contributed by atoms with Crippen LogP contribution in [-0.4, -0.2) is 28.5 Å². The van der Waals surface area contributed by atoms with Crippen molar-refractivity contribution in [3.63, 3.8) is 0 Å². The Hall–Kier alpha value is 0.0700. The van der Waals surface area contributed by atoms with Gasteiger partial charge in [-0.05, 0) is 12.8 Å². The lowest BCUT2D eigenvalue weighted by Crippen LogP contribution is -2.43. The molecule has 0 unspecified atom stereocenters. The molecule has 1 amide bonds. The van der Waals surface area contributed by atoms with Crippen molar-refractivity contribution < 1.29 is 4.79 Å². The van der Waals surface area contributed by atoms with Crippen molar-refractivity contribution in [3.05, 3.63) is 0 Å². The Labute approximate surface area is 102 Å². The van der Waals surface area contributed by atoms with Crippen molar-refractivity contribution in [2.24, 2.45) is 5.73 Å². The van der Waals surface area contributed by atoms with E-state index in [1.165, 1.54) is 0 Å². The summed E-state index contributed by atoms with van der Waals surface area (Å²) in [5.74, 6) is 0.970. The van der Waals surface area contributed by atoms with Gasteiger partial charge in [0.15, 0.2) is 0 Å². The zero-order valence-corrected chi connectivity index (χ0v) is 11.3. The van der Waals surface area contributed by atoms with E-state index in [9.17, 15) is 4.79 Å². The molecule has 0 saturated heterocycles. The van der Waals surface area contributed by atoms with Crippen molar-refractivity contribution >= 4 is 30.1 Å². The number of hydrogen-bond donors (Lipinski definition) is 2. The van der Waals surface area contributed by atoms with E-state index in [1.807, 2.05) is 11.8 Å². The first kappa shape index (κ1) is 15.1. The van der Waals surface area contributed by atoms with E-state index in [4.69, 9.17) is 5.73 Å². The zero-order valence-electron chi connectivity index (χ0n) is 9.63. The van der Waals surface area contributed by atoms with Crippen LogP contribution in [0.25, 0.3) is 0 Å². The number of nitrogens with one attached hydrogen (secondary N) is 1. The smallest absolute Gasteiger partial charge is 0.240 e. The van der Waals surface area contributed by atoms with Crippen molar-refractivity contribution in [1.82, 2.24) is 5.32 Å². The predicted molar refractivity (Wildman–Crippen MR) is 68.6 cm³/mol. The van der Waals surface area contributed by atoms with E-state index in [1.54, 1.807) is 0 Å². The highest BCUT2D eigenvalue weighted by Crippen LogP contribution is 2.32. The summed E-state index contributed by atoms with van der Waals surface area (Å²) in [6.07, 6.45) is 1.68. The second-order valence-corrected chi connectivity index (χ2v) is 6.79. The number of hydrogen-bond acceptors (Lipinski definition) is 3. The lowest BCUT2D eigenvalue weighted by Gasteiger charge is -2.18. The molecule has 0 aromatic rings. The monoisotopic (exact) mass is 252 g/mol. The third-order valence-electron chi connectivity index (χ3n) is 2.16. The fourth-order valence-electron chi connectivity index (χ4n) is 1.06. The minimum Gasteiger partial charge on any atom is -0.354 e. The number of carbonyl (C=O) groups excluding carboxylic acids is 1. The molecule has 0 aromatic carbocycles. The topological polar surface area (TPSA) is 55.1 Å². The number of thioether (sulfide) groups is 1. The van der Waals surface area contributed by atoms with Gasteiger partial charge in [-0.25, -0.2) is 0 Å². The van der Waals surface area contributed by atoms with Gasteiger partial charge in [0.1, 0.15) is 0 Å². The Kier molecular flexibility index (Phi) is 5.44. The number of halogens is 1. The molecule has 5 heteroatoms. The molecule has 1 aliphatic rings. The van der Waals surface area contributed by atoms with E-state index in [2.05, 4.69) is 26.1 Å². The van der Waals surface area contributed by atoms with Gasteiger partial charge in [-0.15, -0.1) is 12.4 Å². The zero-order chi connectivity index (χ0) is 10.8. The van der Waals surface area contributed by atoms with Crippen LogP contribution in [0.15, 0.2) is 0 Å². The normalized spacial score (nSPS) is 17.9. The first-order valence-corrected chi connectivity index (χ1v) is 6.03. The van der Waals surface area contributed by atoms with Gasteiger partial charge in [0.2, 0.25) is 5.91 Å². The summed E-state index contributed by atoms with van der Waals surface area (Å²) < 4.78 is 0.269. The second-order valence-electron chi connectivity index (χ2n) is 4.87. The maximum Gasteiger partial charge on any atom is 0.240 e. The van der Waals surface area contributed by atoms with Gasteiger partial charge in [0, 0.05) is 17.0 Å². The van der Waals surface area contributed by atoms with Crippen LogP contribution in [0.4, 0.5) is 0 Å².